The summed E-state index contributed by atoms with van der Waals surface area (Å²) in [6.45, 7) is 5.94. The van der Waals surface area contributed by atoms with Gasteiger partial charge in [-0.2, -0.15) is 0 Å². The van der Waals surface area contributed by atoms with Gasteiger partial charge in [-0.15, -0.1) is 0 Å². The van der Waals surface area contributed by atoms with Crippen molar-refractivity contribution in [2.75, 3.05) is 6.54 Å². The number of carbonyl (C=O) groups excluding carboxylic acids is 1. The van der Waals surface area contributed by atoms with E-state index in [9.17, 15) is 4.79 Å². The average molecular weight is 284 g/mol. The molecule has 2 aromatic rings. The molecule has 0 saturated heterocycles. The maximum atomic E-state index is 11.5. The number of carbonyl (C=O) groups is 1. The van der Waals surface area contributed by atoms with Gasteiger partial charge in [0.15, 0.2) is 0 Å². The Kier molecular flexibility index (Phi) is 4.58. The smallest absolute Gasteiger partial charge is 0.407 e. The van der Waals surface area contributed by atoms with Crippen LogP contribution in [0.1, 0.15) is 26.3 Å². The normalized spacial score (nSPS) is 11.8. The number of para-hydroxylation sites is 1. The predicted octanol–water partition coefficient (Wildman–Crippen LogP) is 3.77. The number of aromatic nitrogens is 1. The molecule has 0 saturated carbocycles. The Morgan fingerprint density at radius 2 is 2.05 bits per heavy atom. The topological polar surface area (TPSA) is 51.2 Å². The van der Waals surface area contributed by atoms with Gasteiger partial charge in [0.05, 0.1) is 5.52 Å². The van der Waals surface area contributed by atoms with Gasteiger partial charge in [-0.1, -0.05) is 30.4 Å². The van der Waals surface area contributed by atoms with Gasteiger partial charge in [0.2, 0.25) is 0 Å². The molecule has 0 aliphatic rings. The monoisotopic (exact) mass is 284 g/mol. The first-order valence-corrected chi connectivity index (χ1v) is 6.93. The molecule has 1 N–H and O–H groups in total. The molecule has 4 nitrogen and oxygen atoms in total. The van der Waals surface area contributed by atoms with Gasteiger partial charge in [-0.25, -0.2) is 4.79 Å². The van der Waals surface area contributed by atoms with Gasteiger partial charge in [0, 0.05) is 18.1 Å². The van der Waals surface area contributed by atoms with Crippen LogP contribution in [0.25, 0.3) is 17.0 Å². The third-order valence-electron chi connectivity index (χ3n) is 2.74. The Labute approximate surface area is 124 Å². The molecular formula is C17H20N2O2. The summed E-state index contributed by atoms with van der Waals surface area (Å²) in [5.74, 6) is 0. The number of nitrogens with zero attached hydrogens (tertiary/aromatic N) is 1. The molecule has 4 heteroatoms. The summed E-state index contributed by atoms with van der Waals surface area (Å²) in [4.78, 5) is 15.8. The summed E-state index contributed by atoms with van der Waals surface area (Å²) in [6.07, 6.45) is 5.24. The number of hydrogen-bond acceptors (Lipinski definition) is 3. The number of pyridine rings is 1. The first-order valence-electron chi connectivity index (χ1n) is 6.93. The lowest BCUT2D eigenvalue weighted by Crippen LogP contribution is -2.32. The van der Waals surface area contributed by atoms with Crippen molar-refractivity contribution in [2.24, 2.45) is 0 Å². The van der Waals surface area contributed by atoms with Crippen molar-refractivity contribution in [2.45, 2.75) is 26.4 Å². The molecular weight excluding hydrogens is 264 g/mol. The number of alkyl carbamates (subject to hydrolysis) is 1. The molecule has 2 rings (SSSR count). The van der Waals surface area contributed by atoms with Crippen LogP contribution in [0, 0.1) is 0 Å². The van der Waals surface area contributed by atoms with Crippen LogP contribution in [-0.4, -0.2) is 23.2 Å². The number of rotatable bonds is 3. The number of amides is 1. The second-order valence-corrected chi connectivity index (χ2v) is 5.70. The van der Waals surface area contributed by atoms with E-state index in [2.05, 4.69) is 10.3 Å². The predicted molar refractivity (Wildman–Crippen MR) is 85.0 cm³/mol. The van der Waals surface area contributed by atoms with E-state index >= 15 is 0 Å². The molecule has 0 aliphatic carbocycles. The van der Waals surface area contributed by atoms with E-state index in [1.54, 1.807) is 6.20 Å². The molecule has 0 fully saturated rings. The van der Waals surface area contributed by atoms with Crippen molar-refractivity contribution < 1.29 is 9.53 Å². The quantitative estimate of drug-likeness (QED) is 0.933. The molecule has 1 aromatic heterocycles. The van der Waals surface area contributed by atoms with Crippen LogP contribution in [-0.2, 0) is 4.74 Å². The highest BCUT2D eigenvalue weighted by molar-refractivity contribution is 5.87. The lowest BCUT2D eigenvalue weighted by atomic mass is 10.1. The zero-order chi connectivity index (χ0) is 15.3. The Hall–Kier alpha value is -2.36. The van der Waals surface area contributed by atoms with Gasteiger partial charge in [0.25, 0.3) is 0 Å². The Morgan fingerprint density at radius 1 is 1.29 bits per heavy atom. The van der Waals surface area contributed by atoms with E-state index < -0.39 is 11.7 Å². The summed E-state index contributed by atoms with van der Waals surface area (Å²) in [5, 5.41) is 3.79. The number of hydrogen-bond donors (Lipinski definition) is 1. The van der Waals surface area contributed by atoms with E-state index in [4.69, 9.17) is 4.74 Å². The molecule has 0 unspecified atom stereocenters. The third-order valence-corrected chi connectivity index (χ3v) is 2.74. The maximum absolute atomic E-state index is 11.5. The lowest BCUT2D eigenvalue weighted by Gasteiger charge is -2.19. The highest BCUT2D eigenvalue weighted by Crippen LogP contribution is 2.17. The highest BCUT2D eigenvalue weighted by atomic mass is 16.6. The SMILES string of the molecule is CC(C)(C)OC(=O)NCC=Cc1ccnc2ccccc12. The fourth-order valence-corrected chi connectivity index (χ4v) is 1.91. The van der Waals surface area contributed by atoms with Crippen LogP contribution in [0.4, 0.5) is 4.79 Å². The minimum atomic E-state index is -0.477. The third kappa shape index (κ3) is 4.60. The van der Waals surface area contributed by atoms with Gasteiger partial charge < -0.3 is 10.1 Å². The number of fused-ring (bicyclic) bond motifs is 1. The molecule has 0 atom stereocenters. The first-order chi connectivity index (χ1) is 9.96. The molecule has 1 aromatic carbocycles. The minimum absolute atomic E-state index is 0.410. The van der Waals surface area contributed by atoms with E-state index in [0.717, 1.165) is 16.5 Å². The van der Waals surface area contributed by atoms with Crippen LogP contribution in [0.3, 0.4) is 0 Å². The van der Waals surface area contributed by atoms with Crippen molar-refractivity contribution in [3.8, 4) is 0 Å². The van der Waals surface area contributed by atoms with Crippen molar-refractivity contribution in [3.05, 3.63) is 48.2 Å². The summed E-state index contributed by atoms with van der Waals surface area (Å²) in [7, 11) is 0. The van der Waals surface area contributed by atoms with Crippen molar-refractivity contribution >= 4 is 23.1 Å². The molecule has 21 heavy (non-hydrogen) atoms. The second kappa shape index (κ2) is 6.39. The van der Waals surface area contributed by atoms with E-state index in [1.807, 2.05) is 63.3 Å². The van der Waals surface area contributed by atoms with E-state index in [0.29, 0.717) is 6.54 Å². The van der Waals surface area contributed by atoms with Crippen LogP contribution in [0.15, 0.2) is 42.6 Å². The molecule has 110 valence electrons. The number of benzene rings is 1. The highest BCUT2D eigenvalue weighted by Gasteiger charge is 2.14. The van der Waals surface area contributed by atoms with Crippen molar-refractivity contribution in [1.82, 2.24) is 10.3 Å². The summed E-state index contributed by atoms with van der Waals surface area (Å²) >= 11 is 0. The van der Waals surface area contributed by atoms with Gasteiger partial charge in [-0.05, 0) is 38.5 Å². The Balaban J connectivity index is 1.96. The number of nitrogens with one attached hydrogen (secondary N) is 1. The second-order valence-electron chi connectivity index (χ2n) is 5.70. The number of ether oxygens (including phenoxy) is 1. The fourth-order valence-electron chi connectivity index (χ4n) is 1.91. The molecule has 0 radical (unpaired) electrons. The van der Waals surface area contributed by atoms with Crippen LogP contribution < -0.4 is 5.32 Å². The van der Waals surface area contributed by atoms with Gasteiger partial charge in [-0.3, -0.25) is 4.98 Å². The Bertz CT molecular complexity index is 652. The van der Waals surface area contributed by atoms with Gasteiger partial charge >= 0.3 is 6.09 Å². The molecule has 1 amide bonds. The first kappa shape index (κ1) is 15.0. The minimum Gasteiger partial charge on any atom is -0.444 e. The maximum Gasteiger partial charge on any atom is 0.407 e. The Morgan fingerprint density at radius 3 is 2.81 bits per heavy atom. The summed E-state index contributed by atoms with van der Waals surface area (Å²) in [6, 6.07) is 9.91. The van der Waals surface area contributed by atoms with E-state index in [-0.39, 0.29) is 0 Å². The zero-order valence-corrected chi connectivity index (χ0v) is 12.6. The largest absolute Gasteiger partial charge is 0.444 e. The average Bonchev–Trinajstić information content (AvgIpc) is 2.42. The zero-order valence-electron chi connectivity index (χ0n) is 12.6. The van der Waals surface area contributed by atoms with Crippen LogP contribution in [0.5, 0.6) is 0 Å². The fraction of sp³-hybridized carbons (Fsp3) is 0.294. The summed E-state index contributed by atoms with van der Waals surface area (Å²) in [5.41, 5.74) is 1.56. The van der Waals surface area contributed by atoms with Crippen molar-refractivity contribution in [1.29, 1.82) is 0 Å². The summed E-state index contributed by atoms with van der Waals surface area (Å²) < 4.78 is 5.17. The molecule has 0 bridgehead atoms. The van der Waals surface area contributed by atoms with Crippen molar-refractivity contribution in [3.63, 3.8) is 0 Å². The standard InChI is InChI=1S/C17H20N2O2/c1-17(2,3)21-16(20)19-11-6-7-13-10-12-18-15-9-5-4-8-14(13)15/h4-10,12H,11H2,1-3H3,(H,19,20). The lowest BCUT2D eigenvalue weighted by molar-refractivity contribution is 0.0534. The molecule has 1 heterocycles. The molecule has 0 spiro atoms. The van der Waals surface area contributed by atoms with E-state index in [1.165, 1.54) is 0 Å². The van der Waals surface area contributed by atoms with Gasteiger partial charge in [0.1, 0.15) is 5.60 Å². The molecule has 0 aliphatic heterocycles. The van der Waals surface area contributed by atoms with Crippen LogP contribution >= 0.6 is 0 Å². The van der Waals surface area contributed by atoms with Crippen LogP contribution in [0.2, 0.25) is 0 Å².